The van der Waals surface area contributed by atoms with E-state index in [4.69, 9.17) is 0 Å². The van der Waals surface area contributed by atoms with Crippen molar-refractivity contribution in [3.8, 4) is 0 Å². The summed E-state index contributed by atoms with van der Waals surface area (Å²) in [6.07, 6.45) is 3.82. The van der Waals surface area contributed by atoms with E-state index in [1.54, 1.807) is 6.92 Å². The molecule has 0 unspecified atom stereocenters. The van der Waals surface area contributed by atoms with Gasteiger partial charge in [0.05, 0.1) is 18.8 Å². The summed E-state index contributed by atoms with van der Waals surface area (Å²) in [6, 6.07) is 2.60. The van der Waals surface area contributed by atoms with Crippen LogP contribution in [0.15, 0.2) is 18.2 Å². The largest absolute Gasteiger partial charge is 0.348 e. The fourth-order valence-corrected chi connectivity index (χ4v) is 3.64. The summed E-state index contributed by atoms with van der Waals surface area (Å²) >= 11 is 0. The maximum absolute atomic E-state index is 13.8. The molecule has 0 aliphatic carbocycles. The van der Waals surface area contributed by atoms with Gasteiger partial charge in [-0.1, -0.05) is 12.5 Å². The molecule has 26 heavy (non-hydrogen) atoms. The second-order valence-corrected chi connectivity index (χ2v) is 8.53. The predicted molar refractivity (Wildman–Crippen MR) is 95.0 cm³/mol. The quantitative estimate of drug-likeness (QED) is 0.742. The Labute approximate surface area is 153 Å². The number of sulfonamides is 1. The van der Waals surface area contributed by atoms with E-state index < -0.39 is 27.7 Å². The van der Waals surface area contributed by atoms with E-state index >= 15 is 0 Å². The monoisotopic (exact) mass is 389 g/mol. The molecule has 1 heterocycles. The average molecular weight is 389 g/mol. The molecule has 0 saturated carbocycles. The fourth-order valence-electron chi connectivity index (χ4n) is 3.15. The van der Waals surface area contributed by atoms with Gasteiger partial charge in [-0.05, 0) is 32.4 Å². The van der Waals surface area contributed by atoms with Crippen LogP contribution in [0.5, 0.6) is 0 Å². The highest BCUT2D eigenvalue weighted by Gasteiger charge is 2.25. The van der Waals surface area contributed by atoms with Crippen molar-refractivity contribution < 1.29 is 22.0 Å². The van der Waals surface area contributed by atoms with E-state index in [0.717, 1.165) is 37.7 Å². The molecule has 0 aromatic heterocycles. The number of halogens is 2. The van der Waals surface area contributed by atoms with Crippen LogP contribution in [0, 0.1) is 11.6 Å². The van der Waals surface area contributed by atoms with Gasteiger partial charge in [0.25, 0.3) is 0 Å². The Bertz CT molecular complexity index is 743. The summed E-state index contributed by atoms with van der Waals surface area (Å²) in [4.78, 5) is 14.3. The van der Waals surface area contributed by atoms with Crippen LogP contribution < -0.4 is 10.0 Å². The van der Waals surface area contributed by atoms with E-state index in [9.17, 15) is 22.0 Å². The van der Waals surface area contributed by atoms with Crippen molar-refractivity contribution in [2.45, 2.75) is 38.3 Å². The Morgan fingerprint density at radius 2 is 2.08 bits per heavy atom. The first-order valence-electron chi connectivity index (χ1n) is 8.58. The van der Waals surface area contributed by atoms with Gasteiger partial charge in [0, 0.05) is 24.2 Å². The van der Waals surface area contributed by atoms with Gasteiger partial charge in [-0.25, -0.2) is 21.9 Å². The highest BCUT2D eigenvalue weighted by Crippen LogP contribution is 2.19. The SMILES string of the molecule is C[C@@H](NC(=O)CN1CCCC[C@@H]1CNS(C)(=O)=O)c1ccc(F)cc1F. The molecular formula is C17H25F2N3O3S. The molecule has 1 amide bonds. The first-order valence-corrected chi connectivity index (χ1v) is 10.5. The van der Waals surface area contributed by atoms with Crippen LogP contribution in [-0.2, 0) is 14.8 Å². The summed E-state index contributed by atoms with van der Waals surface area (Å²) in [5, 5.41) is 2.71. The van der Waals surface area contributed by atoms with Crippen LogP contribution in [0.4, 0.5) is 8.78 Å². The zero-order chi connectivity index (χ0) is 19.3. The topological polar surface area (TPSA) is 78.5 Å². The lowest BCUT2D eigenvalue weighted by molar-refractivity contribution is -0.123. The van der Waals surface area contributed by atoms with E-state index in [-0.39, 0.29) is 30.6 Å². The van der Waals surface area contributed by atoms with Crippen molar-refractivity contribution in [1.29, 1.82) is 0 Å². The molecule has 1 aliphatic heterocycles. The molecule has 1 saturated heterocycles. The number of piperidine rings is 1. The van der Waals surface area contributed by atoms with Gasteiger partial charge < -0.3 is 5.32 Å². The van der Waals surface area contributed by atoms with Gasteiger partial charge in [-0.2, -0.15) is 0 Å². The summed E-state index contributed by atoms with van der Waals surface area (Å²) in [6.45, 7) is 2.69. The fraction of sp³-hybridized carbons (Fsp3) is 0.588. The van der Waals surface area contributed by atoms with Gasteiger partial charge in [0.15, 0.2) is 0 Å². The molecule has 0 spiro atoms. The highest BCUT2D eigenvalue weighted by atomic mass is 32.2. The van der Waals surface area contributed by atoms with Gasteiger partial charge in [0.2, 0.25) is 15.9 Å². The zero-order valence-electron chi connectivity index (χ0n) is 15.0. The lowest BCUT2D eigenvalue weighted by Gasteiger charge is -2.35. The van der Waals surface area contributed by atoms with Crippen molar-refractivity contribution >= 4 is 15.9 Å². The second-order valence-electron chi connectivity index (χ2n) is 6.70. The zero-order valence-corrected chi connectivity index (χ0v) is 15.8. The molecule has 6 nitrogen and oxygen atoms in total. The van der Waals surface area contributed by atoms with Gasteiger partial charge >= 0.3 is 0 Å². The Hall–Kier alpha value is -1.58. The lowest BCUT2D eigenvalue weighted by atomic mass is 10.0. The summed E-state index contributed by atoms with van der Waals surface area (Å²) < 4.78 is 51.9. The van der Waals surface area contributed by atoms with Gasteiger partial charge in [-0.15, -0.1) is 0 Å². The minimum atomic E-state index is -3.29. The molecule has 0 bridgehead atoms. The van der Waals surface area contributed by atoms with E-state index in [1.807, 2.05) is 4.90 Å². The molecule has 2 atom stereocenters. The number of hydrogen-bond acceptors (Lipinski definition) is 4. The molecule has 9 heteroatoms. The molecule has 146 valence electrons. The van der Waals surface area contributed by atoms with Crippen molar-refractivity contribution in [3.63, 3.8) is 0 Å². The van der Waals surface area contributed by atoms with Crippen LogP contribution >= 0.6 is 0 Å². The standard InChI is InChI=1S/C17H25F2N3O3S/c1-12(15-7-6-13(18)9-16(15)19)21-17(23)11-22-8-4-3-5-14(22)10-20-26(2,24)25/h6-7,9,12,14,20H,3-5,8,10-11H2,1-2H3,(H,21,23)/t12-,14-/m1/s1. The number of rotatable bonds is 7. The lowest BCUT2D eigenvalue weighted by Crippen LogP contribution is -2.50. The predicted octanol–water partition coefficient (Wildman–Crippen LogP) is 1.55. The molecule has 0 radical (unpaired) electrons. The number of amides is 1. The molecule has 1 aromatic carbocycles. The molecule has 2 N–H and O–H groups in total. The number of carbonyl (C=O) groups excluding carboxylic acids is 1. The third-order valence-electron chi connectivity index (χ3n) is 4.48. The molecular weight excluding hydrogens is 364 g/mol. The number of nitrogens with one attached hydrogen (secondary N) is 2. The normalized spacial score (nSPS) is 19.9. The van der Waals surface area contributed by atoms with Gasteiger partial charge in [0.1, 0.15) is 11.6 Å². The Kier molecular flexibility index (Phi) is 7.08. The van der Waals surface area contributed by atoms with Crippen molar-refractivity contribution in [2.24, 2.45) is 0 Å². The number of hydrogen-bond donors (Lipinski definition) is 2. The first kappa shape index (κ1) is 20.7. The van der Waals surface area contributed by atoms with Gasteiger partial charge in [-0.3, -0.25) is 9.69 Å². The summed E-state index contributed by atoms with van der Waals surface area (Å²) in [7, 11) is -3.29. The van der Waals surface area contributed by atoms with Crippen LogP contribution in [-0.4, -0.2) is 51.2 Å². The third-order valence-corrected chi connectivity index (χ3v) is 5.17. The maximum atomic E-state index is 13.8. The molecule has 1 aromatic rings. The number of carbonyl (C=O) groups is 1. The second kappa shape index (κ2) is 8.88. The Morgan fingerprint density at radius 3 is 2.73 bits per heavy atom. The smallest absolute Gasteiger partial charge is 0.234 e. The van der Waals surface area contributed by atoms with Crippen LogP contribution in [0.25, 0.3) is 0 Å². The maximum Gasteiger partial charge on any atom is 0.234 e. The minimum absolute atomic E-state index is 0.0536. The number of likely N-dealkylation sites (tertiary alicyclic amines) is 1. The summed E-state index contributed by atoms with van der Waals surface area (Å²) in [5.41, 5.74) is 0.216. The molecule has 1 fully saturated rings. The van der Waals surface area contributed by atoms with Crippen molar-refractivity contribution in [1.82, 2.24) is 14.9 Å². The van der Waals surface area contributed by atoms with Crippen LogP contribution in [0.3, 0.4) is 0 Å². The van der Waals surface area contributed by atoms with E-state index in [0.29, 0.717) is 6.54 Å². The molecule has 1 aliphatic rings. The third kappa shape index (κ3) is 6.30. The number of benzene rings is 1. The minimum Gasteiger partial charge on any atom is -0.348 e. The Morgan fingerprint density at radius 1 is 1.35 bits per heavy atom. The summed E-state index contributed by atoms with van der Waals surface area (Å²) in [5.74, 6) is -1.65. The van der Waals surface area contributed by atoms with Crippen molar-refractivity contribution in [2.75, 3.05) is 25.9 Å². The molecule has 2 rings (SSSR count). The number of nitrogens with zero attached hydrogens (tertiary/aromatic N) is 1. The first-order chi connectivity index (χ1) is 12.2. The Balaban J connectivity index is 1.93. The highest BCUT2D eigenvalue weighted by molar-refractivity contribution is 7.88. The van der Waals surface area contributed by atoms with Crippen LogP contribution in [0.1, 0.15) is 37.8 Å². The van der Waals surface area contributed by atoms with E-state index in [1.165, 1.54) is 6.07 Å². The van der Waals surface area contributed by atoms with E-state index in [2.05, 4.69) is 10.0 Å². The average Bonchev–Trinajstić information content (AvgIpc) is 2.53. The van der Waals surface area contributed by atoms with Crippen molar-refractivity contribution in [3.05, 3.63) is 35.4 Å². The van der Waals surface area contributed by atoms with Crippen LogP contribution in [0.2, 0.25) is 0 Å².